The van der Waals surface area contributed by atoms with Gasteiger partial charge in [-0.1, -0.05) is 55.5 Å². The molecule has 1 atom stereocenters. The molecular weight excluding hydrogens is 596 g/mol. The zero-order chi connectivity index (χ0) is 31.6. The van der Waals surface area contributed by atoms with Gasteiger partial charge in [-0.25, -0.2) is 21.9 Å². The minimum absolute atomic E-state index is 0.0241. The summed E-state index contributed by atoms with van der Waals surface area (Å²) < 4.78 is 56.5. The second-order valence-electron chi connectivity index (χ2n) is 10.0. The van der Waals surface area contributed by atoms with Crippen LogP contribution in [-0.2, 0) is 37.4 Å². The predicted molar refractivity (Wildman–Crippen MR) is 164 cm³/mol. The van der Waals surface area contributed by atoms with Crippen LogP contribution < -0.4 is 10.0 Å². The lowest BCUT2D eigenvalue weighted by molar-refractivity contribution is -0.132. The van der Waals surface area contributed by atoms with Gasteiger partial charge in [-0.05, 0) is 42.2 Å². The molecule has 0 saturated carbocycles. The molecule has 8 nitrogen and oxygen atoms in total. The molecule has 0 bridgehead atoms. The lowest BCUT2D eigenvalue weighted by atomic mass is 10.0. The Morgan fingerprint density at radius 3 is 2.30 bits per heavy atom. The Kier molecular flexibility index (Phi) is 12.3. The van der Waals surface area contributed by atoms with Gasteiger partial charge in [-0.3, -0.25) is 14.4 Å². The third-order valence-electron chi connectivity index (χ3n) is 6.55. The van der Waals surface area contributed by atoms with Crippen molar-refractivity contribution in [3.8, 4) is 11.1 Å². The predicted octanol–water partition coefficient (Wildman–Crippen LogP) is 4.63. The van der Waals surface area contributed by atoms with E-state index in [2.05, 4.69) is 17.9 Å². The fraction of sp³-hybridized carbons (Fsp3) is 0.323. The normalized spacial score (nSPS) is 11.9. The van der Waals surface area contributed by atoms with Gasteiger partial charge in [-0.2, -0.15) is 12.6 Å². The van der Waals surface area contributed by atoms with Crippen LogP contribution in [0, 0.1) is 11.6 Å². The quantitative estimate of drug-likeness (QED) is 0.225. The van der Waals surface area contributed by atoms with Crippen LogP contribution in [0.5, 0.6) is 0 Å². The van der Waals surface area contributed by atoms with E-state index < -0.39 is 21.7 Å². The monoisotopic (exact) mass is 631 g/mol. The van der Waals surface area contributed by atoms with Crippen LogP contribution >= 0.6 is 12.6 Å². The smallest absolute Gasteiger partial charge is 0.264 e. The summed E-state index contributed by atoms with van der Waals surface area (Å²) in [4.78, 5) is 38.0. The van der Waals surface area contributed by atoms with Gasteiger partial charge in [0.2, 0.25) is 17.7 Å². The first kappa shape index (κ1) is 33.7. The first-order chi connectivity index (χ1) is 20.4. The maximum Gasteiger partial charge on any atom is 0.264 e. The van der Waals surface area contributed by atoms with E-state index in [1.807, 2.05) is 11.6 Å². The maximum atomic E-state index is 15.3. The van der Waals surface area contributed by atoms with E-state index in [0.29, 0.717) is 18.4 Å². The van der Waals surface area contributed by atoms with E-state index in [0.717, 1.165) is 6.92 Å². The Bertz CT molecular complexity index is 1570. The second-order valence-corrected chi connectivity index (χ2v) is 12.4. The molecule has 3 rings (SSSR count). The fourth-order valence-corrected chi connectivity index (χ4v) is 5.95. The summed E-state index contributed by atoms with van der Waals surface area (Å²) in [5.74, 6) is -2.31. The number of sulfonamides is 1. The van der Waals surface area contributed by atoms with Gasteiger partial charge in [0.05, 0.1) is 4.90 Å². The van der Waals surface area contributed by atoms with Crippen molar-refractivity contribution in [2.24, 2.45) is 0 Å². The van der Waals surface area contributed by atoms with Crippen LogP contribution in [0.2, 0.25) is 0 Å². The highest BCUT2D eigenvalue weighted by molar-refractivity contribution is 7.90. The van der Waals surface area contributed by atoms with E-state index in [4.69, 9.17) is 0 Å². The van der Waals surface area contributed by atoms with E-state index >= 15 is 4.39 Å². The standard InChI is InChI=1S/C31H35F2N3O5S2/c1-3-8-31(39)36(16-15-30(38)34-19-25(42)17-23-9-4-6-11-27(23)32)20-24-14-13-22(18-28(24)33)26-10-5-7-12-29(26)43(40,41)35-21(2)37/h4-7,9-14,18,25,42H,3,8,15-17,19-20H2,1-2H3,(H,34,38)(H,35,37). The summed E-state index contributed by atoms with van der Waals surface area (Å²) >= 11 is 4.44. The molecule has 3 amide bonds. The molecule has 43 heavy (non-hydrogen) atoms. The van der Waals surface area contributed by atoms with Crippen molar-refractivity contribution in [1.82, 2.24) is 14.9 Å². The third kappa shape index (κ3) is 9.89. The maximum absolute atomic E-state index is 15.3. The van der Waals surface area contributed by atoms with E-state index in [1.54, 1.807) is 24.3 Å². The molecule has 0 spiro atoms. The fourth-order valence-electron chi connectivity index (χ4n) is 4.44. The van der Waals surface area contributed by atoms with Crippen molar-refractivity contribution >= 4 is 40.4 Å². The van der Waals surface area contributed by atoms with E-state index in [-0.39, 0.29) is 76.9 Å². The Balaban J connectivity index is 1.68. The first-order valence-corrected chi connectivity index (χ1v) is 15.8. The molecule has 0 aliphatic rings. The van der Waals surface area contributed by atoms with Gasteiger partial charge < -0.3 is 10.2 Å². The lowest BCUT2D eigenvalue weighted by Crippen LogP contribution is -2.36. The van der Waals surface area contributed by atoms with Gasteiger partial charge in [0.25, 0.3) is 10.0 Å². The van der Waals surface area contributed by atoms with Crippen LogP contribution in [0.3, 0.4) is 0 Å². The second kappa shape index (κ2) is 15.6. The van der Waals surface area contributed by atoms with Crippen molar-refractivity contribution in [2.45, 2.75) is 56.2 Å². The minimum atomic E-state index is -4.18. The number of rotatable bonds is 14. The summed E-state index contributed by atoms with van der Waals surface area (Å²) in [5, 5.41) is 2.44. The first-order valence-electron chi connectivity index (χ1n) is 13.8. The van der Waals surface area contributed by atoms with Crippen LogP contribution in [-0.4, -0.2) is 49.4 Å². The van der Waals surface area contributed by atoms with E-state index in [9.17, 15) is 27.2 Å². The van der Waals surface area contributed by atoms with Crippen molar-refractivity contribution < 1.29 is 31.6 Å². The molecule has 0 aromatic heterocycles. The molecule has 2 N–H and O–H groups in total. The Hall–Kier alpha value is -3.77. The van der Waals surface area contributed by atoms with Crippen LogP contribution in [0.15, 0.2) is 71.6 Å². The minimum Gasteiger partial charge on any atom is -0.355 e. The van der Waals surface area contributed by atoms with Crippen LogP contribution in [0.1, 0.15) is 44.2 Å². The number of halogens is 2. The number of carbonyl (C=O) groups excluding carboxylic acids is 3. The molecule has 0 radical (unpaired) electrons. The molecule has 0 fully saturated rings. The molecule has 1 unspecified atom stereocenters. The number of amides is 3. The zero-order valence-electron chi connectivity index (χ0n) is 24.0. The average Bonchev–Trinajstić information content (AvgIpc) is 2.95. The number of hydrogen-bond acceptors (Lipinski definition) is 6. The van der Waals surface area contributed by atoms with E-state index in [1.165, 1.54) is 47.4 Å². The van der Waals surface area contributed by atoms with Crippen LogP contribution in [0.4, 0.5) is 8.78 Å². The van der Waals surface area contributed by atoms with Crippen molar-refractivity contribution in [2.75, 3.05) is 13.1 Å². The summed E-state index contributed by atoms with van der Waals surface area (Å²) in [6.07, 6.45) is 1.09. The molecule has 12 heteroatoms. The zero-order valence-corrected chi connectivity index (χ0v) is 25.7. The van der Waals surface area contributed by atoms with Gasteiger partial charge in [-0.15, -0.1) is 0 Å². The molecule has 3 aromatic rings. The SMILES string of the molecule is CCCC(=O)N(CCC(=O)NCC(S)Cc1ccccc1F)Cc1ccc(-c2ccccc2S(=O)(=O)NC(C)=O)cc1F. The van der Waals surface area contributed by atoms with Gasteiger partial charge in [0.15, 0.2) is 0 Å². The number of nitrogens with zero attached hydrogens (tertiary/aromatic N) is 1. The molecule has 3 aromatic carbocycles. The number of nitrogens with one attached hydrogen (secondary N) is 2. The van der Waals surface area contributed by atoms with Crippen molar-refractivity contribution in [1.29, 1.82) is 0 Å². The third-order valence-corrected chi connectivity index (χ3v) is 8.41. The van der Waals surface area contributed by atoms with Crippen molar-refractivity contribution in [3.05, 3.63) is 89.5 Å². The molecule has 0 aliphatic carbocycles. The number of thiol groups is 1. The molecule has 0 saturated heterocycles. The summed E-state index contributed by atoms with van der Waals surface area (Å²) in [7, 11) is -4.18. The number of hydrogen-bond donors (Lipinski definition) is 3. The average molecular weight is 632 g/mol. The van der Waals surface area contributed by atoms with Crippen molar-refractivity contribution in [3.63, 3.8) is 0 Å². The highest BCUT2D eigenvalue weighted by Gasteiger charge is 2.22. The summed E-state index contributed by atoms with van der Waals surface area (Å²) in [5.41, 5.74) is 1.16. The summed E-state index contributed by atoms with van der Waals surface area (Å²) in [6, 6.07) is 16.5. The lowest BCUT2D eigenvalue weighted by Gasteiger charge is -2.23. The molecular formula is C31H35F2N3O5S2. The highest BCUT2D eigenvalue weighted by Crippen LogP contribution is 2.29. The molecule has 230 valence electrons. The molecule has 0 heterocycles. The highest BCUT2D eigenvalue weighted by atomic mass is 32.2. The van der Waals surface area contributed by atoms with Gasteiger partial charge in [0, 0.05) is 55.8 Å². The number of carbonyl (C=O) groups is 3. The number of benzene rings is 3. The largest absolute Gasteiger partial charge is 0.355 e. The molecule has 0 aliphatic heterocycles. The Labute approximate surface area is 256 Å². The summed E-state index contributed by atoms with van der Waals surface area (Å²) in [6.45, 7) is 3.08. The Morgan fingerprint density at radius 1 is 0.930 bits per heavy atom. The Morgan fingerprint density at radius 2 is 1.63 bits per heavy atom. The van der Waals surface area contributed by atoms with Gasteiger partial charge in [0.1, 0.15) is 11.6 Å². The van der Waals surface area contributed by atoms with Gasteiger partial charge >= 0.3 is 0 Å². The van der Waals surface area contributed by atoms with Crippen LogP contribution in [0.25, 0.3) is 11.1 Å². The topological polar surface area (TPSA) is 113 Å².